The predicted octanol–water partition coefficient (Wildman–Crippen LogP) is 1.87. The molecule has 9 nitrogen and oxygen atoms in total. The average molecular weight is 506 g/mol. The third-order valence-electron chi connectivity index (χ3n) is 6.57. The summed E-state index contributed by atoms with van der Waals surface area (Å²) in [7, 11) is 0. The van der Waals surface area contributed by atoms with Crippen molar-refractivity contribution in [1.82, 2.24) is 14.9 Å². The Labute approximate surface area is 200 Å². The molecule has 3 fully saturated rings. The number of carbonyl (C=O) groups is 1. The van der Waals surface area contributed by atoms with Gasteiger partial charge in [0.05, 0.1) is 32.5 Å². The van der Waals surface area contributed by atoms with Gasteiger partial charge < -0.3 is 25.0 Å². The zero-order valence-corrected chi connectivity index (χ0v) is 19.6. The van der Waals surface area contributed by atoms with Gasteiger partial charge in [0.25, 0.3) is 5.56 Å². The molecule has 1 saturated carbocycles. The van der Waals surface area contributed by atoms with Crippen molar-refractivity contribution in [2.45, 2.75) is 56.9 Å². The highest BCUT2D eigenvalue weighted by Gasteiger charge is 2.46. The first-order valence-electron chi connectivity index (χ1n) is 12.0. The Morgan fingerprint density at radius 2 is 1.89 bits per heavy atom. The van der Waals surface area contributed by atoms with Gasteiger partial charge in [0, 0.05) is 38.0 Å². The molecule has 35 heavy (non-hydrogen) atoms. The molecular formula is C22H31F4N5O4. The molecule has 0 spiro atoms. The number of carbonyl (C=O) groups excluding carboxylic acids is 1. The smallest absolute Gasteiger partial charge is 0.379 e. The molecule has 4 heterocycles. The van der Waals surface area contributed by atoms with Crippen molar-refractivity contribution in [1.29, 1.82) is 0 Å². The minimum atomic E-state index is -4.59. The highest BCUT2D eigenvalue weighted by atomic mass is 19.4. The molecule has 13 heteroatoms. The van der Waals surface area contributed by atoms with Gasteiger partial charge in [-0.1, -0.05) is 0 Å². The Kier molecular flexibility index (Phi) is 7.96. The van der Waals surface area contributed by atoms with Gasteiger partial charge in [-0.15, -0.1) is 0 Å². The largest absolute Gasteiger partial charge is 0.408 e. The van der Waals surface area contributed by atoms with Gasteiger partial charge in [0.2, 0.25) is 11.8 Å². The van der Waals surface area contributed by atoms with E-state index in [9.17, 15) is 27.2 Å². The molecule has 1 aliphatic carbocycles. The summed E-state index contributed by atoms with van der Waals surface area (Å²) in [5, 5.41) is 5.40. The predicted molar refractivity (Wildman–Crippen MR) is 119 cm³/mol. The van der Waals surface area contributed by atoms with Gasteiger partial charge in [0.15, 0.2) is 5.82 Å². The van der Waals surface area contributed by atoms with Gasteiger partial charge in [-0.2, -0.15) is 22.5 Å². The third-order valence-corrected chi connectivity index (χ3v) is 6.57. The maximum absolute atomic E-state index is 14.9. The molecular weight excluding hydrogens is 474 g/mol. The van der Waals surface area contributed by atoms with E-state index in [4.69, 9.17) is 9.47 Å². The minimum Gasteiger partial charge on any atom is -0.379 e. The first-order valence-corrected chi connectivity index (χ1v) is 12.0. The number of alkyl halides is 3. The van der Waals surface area contributed by atoms with Gasteiger partial charge in [-0.25, -0.2) is 0 Å². The Hall–Kier alpha value is -2.25. The van der Waals surface area contributed by atoms with E-state index in [2.05, 4.69) is 15.6 Å². The van der Waals surface area contributed by atoms with Crippen LogP contribution in [0.3, 0.4) is 0 Å². The van der Waals surface area contributed by atoms with Crippen LogP contribution in [0.15, 0.2) is 4.79 Å². The number of Topliss-reactive ketones (excluding diaryl/α,β-unsaturated/α-hetero) is 1. The summed E-state index contributed by atoms with van der Waals surface area (Å²) in [5.74, 6) is -2.13. The Bertz CT molecular complexity index is 953. The SMILES string of the molecule is C1COCCN1.C[C@H]1COCCN1c1nc2n(c(=O)c1F)C(CC(=O)C1CC1)CC(C(F)(F)F)N2. The van der Waals surface area contributed by atoms with E-state index in [-0.39, 0.29) is 49.1 Å². The third kappa shape index (κ3) is 6.12. The van der Waals surface area contributed by atoms with Gasteiger partial charge in [0.1, 0.15) is 11.8 Å². The second-order valence-electron chi connectivity index (χ2n) is 9.30. The summed E-state index contributed by atoms with van der Waals surface area (Å²) >= 11 is 0. The molecule has 1 aromatic heterocycles. The summed E-state index contributed by atoms with van der Waals surface area (Å²) in [6.45, 7) is 6.43. The second kappa shape index (κ2) is 10.8. The molecule has 2 unspecified atom stereocenters. The maximum atomic E-state index is 14.9. The molecule has 3 aliphatic heterocycles. The van der Waals surface area contributed by atoms with Crippen LogP contribution in [0.25, 0.3) is 0 Å². The van der Waals surface area contributed by atoms with E-state index in [1.165, 1.54) is 4.90 Å². The zero-order chi connectivity index (χ0) is 25.2. The highest BCUT2D eigenvalue weighted by molar-refractivity contribution is 5.83. The molecule has 2 saturated heterocycles. The number of aromatic nitrogens is 2. The molecule has 2 N–H and O–H groups in total. The van der Waals surface area contributed by atoms with E-state index in [0.717, 1.165) is 30.9 Å². The first-order chi connectivity index (χ1) is 16.7. The van der Waals surface area contributed by atoms with E-state index in [1.807, 2.05) is 0 Å². The first kappa shape index (κ1) is 25.8. The fraction of sp³-hybridized carbons (Fsp3) is 0.773. The fourth-order valence-electron chi connectivity index (χ4n) is 4.48. The van der Waals surface area contributed by atoms with Crippen molar-refractivity contribution >= 4 is 17.5 Å². The summed E-state index contributed by atoms with van der Waals surface area (Å²) in [6.07, 6.45) is -3.95. The number of ketones is 1. The summed E-state index contributed by atoms with van der Waals surface area (Å²) in [4.78, 5) is 30.6. The van der Waals surface area contributed by atoms with Crippen LogP contribution < -0.4 is 21.1 Å². The number of nitrogens with one attached hydrogen (secondary N) is 2. The maximum Gasteiger partial charge on any atom is 0.408 e. The van der Waals surface area contributed by atoms with E-state index < -0.39 is 36.1 Å². The van der Waals surface area contributed by atoms with Crippen LogP contribution in [0, 0.1) is 11.7 Å². The number of anilines is 2. The van der Waals surface area contributed by atoms with Crippen LogP contribution in [0.4, 0.5) is 29.3 Å². The molecule has 3 atom stereocenters. The fourth-order valence-corrected chi connectivity index (χ4v) is 4.48. The Morgan fingerprint density at radius 1 is 1.17 bits per heavy atom. The number of ether oxygens (including phenoxy) is 2. The molecule has 5 rings (SSSR count). The number of halogens is 4. The number of morpholine rings is 2. The quantitative estimate of drug-likeness (QED) is 0.599. The van der Waals surface area contributed by atoms with Gasteiger partial charge in [-0.3, -0.25) is 14.2 Å². The van der Waals surface area contributed by atoms with Crippen LogP contribution in [0.5, 0.6) is 0 Å². The molecule has 196 valence electrons. The number of hydrogen-bond acceptors (Lipinski definition) is 8. The van der Waals surface area contributed by atoms with Gasteiger partial charge in [-0.05, 0) is 26.2 Å². The van der Waals surface area contributed by atoms with E-state index in [1.54, 1.807) is 6.92 Å². The van der Waals surface area contributed by atoms with Crippen LogP contribution in [-0.4, -0.2) is 79.7 Å². The lowest BCUT2D eigenvalue weighted by Crippen LogP contribution is -2.49. The standard InChI is InChI=1S/C18H22F4N4O3.C4H9NO/c1-9-8-29-5-4-25(9)15-14(19)16(28)26-11(6-12(27)10-2-3-10)7-13(18(20,21)22)23-17(26)24-15;1-3-6-4-2-5-1/h9-11,13H,2-8H2,1H3,(H,23,24);5H,1-4H2/t9-,11?,13?;/m0./s1. The summed E-state index contributed by atoms with van der Waals surface area (Å²) < 4.78 is 66.5. The molecule has 0 aromatic carbocycles. The normalized spacial score (nSPS) is 26.8. The van der Waals surface area contributed by atoms with Crippen molar-refractivity contribution in [3.8, 4) is 0 Å². The Morgan fingerprint density at radius 3 is 2.43 bits per heavy atom. The van der Waals surface area contributed by atoms with Crippen LogP contribution in [-0.2, 0) is 14.3 Å². The zero-order valence-electron chi connectivity index (χ0n) is 19.6. The minimum absolute atomic E-state index is 0.167. The number of nitrogens with zero attached hydrogens (tertiary/aromatic N) is 3. The van der Waals surface area contributed by atoms with Crippen molar-refractivity contribution in [2.24, 2.45) is 5.92 Å². The van der Waals surface area contributed by atoms with Crippen LogP contribution >= 0.6 is 0 Å². The average Bonchev–Trinajstić information content (AvgIpc) is 3.68. The highest BCUT2D eigenvalue weighted by Crippen LogP contribution is 2.39. The Balaban J connectivity index is 0.000000421. The monoisotopic (exact) mass is 505 g/mol. The lowest BCUT2D eigenvalue weighted by Gasteiger charge is -2.37. The van der Waals surface area contributed by atoms with Gasteiger partial charge >= 0.3 is 6.18 Å². The number of rotatable bonds is 4. The topological polar surface area (TPSA) is 97.7 Å². The van der Waals surface area contributed by atoms with Crippen molar-refractivity contribution in [3.63, 3.8) is 0 Å². The molecule has 1 aromatic rings. The van der Waals surface area contributed by atoms with E-state index in [0.29, 0.717) is 19.4 Å². The second-order valence-corrected chi connectivity index (χ2v) is 9.30. The molecule has 0 radical (unpaired) electrons. The van der Waals surface area contributed by atoms with Crippen molar-refractivity contribution in [2.75, 3.05) is 56.3 Å². The van der Waals surface area contributed by atoms with Crippen LogP contribution in [0.2, 0.25) is 0 Å². The lowest BCUT2D eigenvalue weighted by atomic mass is 9.97. The van der Waals surface area contributed by atoms with E-state index >= 15 is 0 Å². The lowest BCUT2D eigenvalue weighted by molar-refractivity contribution is -0.148. The molecule has 0 bridgehead atoms. The van der Waals surface area contributed by atoms with Crippen LogP contribution in [0.1, 0.15) is 38.6 Å². The summed E-state index contributed by atoms with van der Waals surface area (Å²) in [5.41, 5.74) is -1.06. The van der Waals surface area contributed by atoms with Crippen molar-refractivity contribution < 1.29 is 31.8 Å². The molecule has 4 aliphatic rings. The number of hydrogen-bond donors (Lipinski definition) is 2. The summed E-state index contributed by atoms with van der Waals surface area (Å²) in [6, 6.07) is -3.34. The molecule has 0 amide bonds. The van der Waals surface area contributed by atoms with Crippen molar-refractivity contribution in [3.05, 3.63) is 16.2 Å². The number of fused-ring (bicyclic) bond motifs is 1.